The van der Waals surface area contributed by atoms with Gasteiger partial charge in [0.05, 0.1) is 6.04 Å². The second kappa shape index (κ2) is 6.92. The van der Waals surface area contributed by atoms with Crippen molar-refractivity contribution in [2.75, 3.05) is 0 Å². The molecule has 0 bridgehead atoms. The largest absolute Gasteiger partial charge is 0.478 e. The predicted octanol–water partition coefficient (Wildman–Crippen LogP) is 2.70. The van der Waals surface area contributed by atoms with E-state index in [0.29, 0.717) is 6.04 Å². The molecule has 1 atom stereocenters. The summed E-state index contributed by atoms with van der Waals surface area (Å²) in [6, 6.07) is 7.47. The Bertz CT molecular complexity index is 550. The van der Waals surface area contributed by atoms with Crippen LogP contribution >= 0.6 is 0 Å². The number of carbonyl (C=O) groups excluding carboxylic acids is 1. The average Bonchev–Trinajstić information content (AvgIpc) is 2.41. The molecule has 1 aromatic carbocycles. The van der Waals surface area contributed by atoms with Gasteiger partial charge in [-0.2, -0.15) is 0 Å². The molecule has 2 rings (SSSR count). The van der Waals surface area contributed by atoms with E-state index in [1.54, 1.807) is 0 Å². The van der Waals surface area contributed by atoms with Crippen LogP contribution in [0.5, 0.6) is 0 Å². The van der Waals surface area contributed by atoms with Gasteiger partial charge >= 0.3 is 12.0 Å². The zero-order chi connectivity index (χ0) is 15.2. The predicted molar refractivity (Wildman–Crippen MR) is 80.8 cm³/mol. The van der Waals surface area contributed by atoms with Gasteiger partial charge in [0.15, 0.2) is 0 Å². The molecule has 1 fully saturated rings. The van der Waals surface area contributed by atoms with E-state index in [1.807, 2.05) is 31.2 Å². The zero-order valence-corrected chi connectivity index (χ0v) is 12.0. The minimum atomic E-state index is -0.980. The molecule has 0 heterocycles. The van der Waals surface area contributed by atoms with Crippen LogP contribution in [0.3, 0.4) is 0 Å². The summed E-state index contributed by atoms with van der Waals surface area (Å²) < 4.78 is 0. The number of amides is 2. The van der Waals surface area contributed by atoms with Gasteiger partial charge in [-0.3, -0.25) is 0 Å². The lowest BCUT2D eigenvalue weighted by Gasteiger charge is -2.27. The lowest BCUT2D eigenvalue weighted by molar-refractivity contribution is -0.131. The minimum absolute atomic E-state index is 0.136. The third-order valence-electron chi connectivity index (χ3n) is 3.62. The number of benzene rings is 1. The summed E-state index contributed by atoms with van der Waals surface area (Å²) in [5, 5.41) is 14.5. The fraction of sp³-hybridized carbons (Fsp3) is 0.375. The third-order valence-corrected chi connectivity index (χ3v) is 3.62. The van der Waals surface area contributed by atoms with Gasteiger partial charge in [0.2, 0.25) is 0 Å². The van der Waals surface area contributed by atoms with Gasteiger partial charge in [-0.1, -0.05) is 18.2 Å². The topological polar surface area (TPSA) is 78.4 Å². The quantitative estimate of drug-likeness (QED) is 0.729. The summed E-state index contributed by atoms with van der Waals surface area (Å²) >= 11 is 0. The molecule has 3 N–H and O–H groups in total. The molecule has 0 spiro atoms. The Morgan fingerprint density at radius 1 is 1.38 bits per heavy atom. The number of carboxylic acid groups (broad SMARTS) is 1. The van der Waals surface area contributed by atoms with Crippen molar-refractivity contribution in [3.63, 3.8) is 0 Å². The summed E-state index contributed by atoms with van der Waals surface area (Å²) in [4.78, 5) is 22.3. The summed E-state index contributed by atoms with van der Waals surface area (Å²) in [6.45, 7) is 1.90. The van der Waals surface area contributed by atoms with Gasteiger partial charge in [-0.15, -0.1) is 0 Å². The van der Waals surface area contributed by atoms with Crippen molar-refractivity contribution < 1.29 is 14.7 Å². The Kier molecular flexibility index (Phi) is 4.98. The van der Waals surface area contributed by atoms with E-state index < -0.39 is 5.97 Å². The number of hydrogen-bond acceptors (Lipinski definition) is 2. The molecule has 1 aliphatic carbocycles. The molecule has 5 nitrogen and oxygen atoms in total. The maximum Gasteiger partial charge on any atom is 0.328 e. The van der Waals surface area contributed by atoms with Crippen LogP contribution in [-0.2, 0) is 4.79 Å². The van der Waals surface area contributed by atoms with Crippen molar-refractivity contribution in [1.82, 2.24) is 10.6 Å². The minimum Gasteiger partial charge on any atom is -0.478 e. The second-order valence-corrected chi connectivity index (χ2v) is 5.31. The van der Waals surface area contributed by atoms with Gasteiger partial charge in [0.1, 0.15) is 0 Å². The molecule has 0 aliphatic heterocycles. The first kappa shape index (κ1) is 15.1. The van der Waals surface area contributed by atoms with Crippen LogP contribution < -0.4 is 10.6 Å². The smallest absolute Gasteiger partial charge is 0.328 e. The van der Waals surface area contributed by atoms with Crippen molar-refractivity contribution in [3.8, 4) is 0 Å². The SMILES string of the molecule is CC(NC(=O)NC1CCC1)c1cccc(/C=C/C(=O)O)c1. The number of urea groups is 1. The van der Waals surface area contributed by atoms with Crippen LogP contribution in [0, 0.1) is 0 Å². The third kappa shape index (κ3) is 4.63. The Balaban J connectivity index is 1.94. The van der Waals surface area contributed by atoms with E-state index in [1.165, 1.54) is 12.5 Å². The van der Waals surface area contributed by atoms with Crippen molar-refractivity contribution in [2.45, 2.75) is 38.3 Å². The van der Waals surface area contributed by atoms with Crippen LogP contribution in [0.25, 0.3) is 6.08 Å². The number of aliphatic carboxylic acids is 1. The molecule has 1 saturated carbocycles. The van der Waals surface area contributed by atoms with Gasteiger partial charge in [0, 0.05) is 12.1 Å². The lowest BCUT2D eigenvalue weighted by atomic mass is 9.93. The molecular formula is C16H20N2O3. The molecule has 1 unspecified atom stereocenters. The maximum absolute atomic E-state index is 11.8. The number of rotatable bonds is 5. The van der Waals surface area contributed by atoms with Gasteiger partial charge < -0.3 is 15.7 Å². The molecule has 0 aromatic heterocycles. The van der Waals surface area contributed by atoms with Crippen LogP contribution in [-0.4, -0.2) is 23.1 Å². The highest BCUT2D eigenvalue weighted by Crippen LogP contribution is 2.18. The second-order valence-electron chi connectivity index (χ2n) is 5.31. The first-order valence-corrected chi connectivity index (χ1v) is 7.12. The maximum atomic E-state index is 11.8. The first-order chi connectivity index (χ1) is 10.0. The van der Waals surface area contributed by atoms with E-state index in [-0.39, 0.29) is 12.1 Å². The molecule has 21 heavy (non-hydrogen) atoms. The zero-order valence-electron chi connectivity index (χ0n) is 12.0. The Hall–Kier alpha value is -2.30. The van der Waals surface area contributed by atoms with Crippen molar-refractivity contribution in [2.24, 2.45) is 0 Å². The first-order valence-electron chi connectivity index (χ1n) is 7.12. The fourth-order valence-corrected chi connectivity index (χ4v) is 2.16. The highest BCUT2D eigenvalue weighted by molar-refractivity contribution is 5.85. The van der Waals surface area contributed by atoms with Crippen LogP contribution in [0.2, 0.25) is 0 Å². The molecule has 112 valence electrons. The van der Waals surface area contributed by atoms with Crippen LogP contribution in [0.15, 0.2) is 30.3 Å². The van der Waals surface area contributed by atoms with E-state index in [2.05, 4.69) is 10.6 Å². The summed E-state index contributed by atoms with van der Waals surface area (Å²) in [5.41, 5.74) is 1.73. The Morgan fingerprint density at radius 2 is 2.14 bits per heavy atom. The summed E-state index contributed by atoms with van der Waals surface area (Å²) in [6.07, 6.45) is 5.92. The molecular weight excluding hydrogens is 268 g/mol. The number of nitrogens with one attached hydrogen (secondary N) is 2. The Labute approximate surface area is 124 Å². The number of carboxylic acids is 1. The summed E-state index contributed by atoms with van der Waals surface area (Å²) in [7, 11) is 0. The molecule has 0 radical (unpaired) electrons. The Morgan fingerprint density at radius 3 is 2.76 bits per heavy atom. The lowest BCUT2D eigenvalue weighted by Crippen LogP contribution is -2.45. The number of hydrogen-bond donors (Lipinski definition) is 3. The highest BCUT2D eigenvalue weighted by atomic mass is 16.4. The standard InChI is InChI=1S/C16H20N2O3/c1-11(17-16(21)18-14-6-3-7-14)13-5-2-4-12(10-13)8-9-15(19)20/h2,4-5,8-11,14H,3,6-7H2,1H3,(H,19,20)(H2,17,18,21)/b9-8+. The monoisotopic (exact) mass is 288 g/mol. The fourth-order valence-electron chi connectivity index (χ4n) is 2.16. The summed E-state index contributed by atoms with van der Waals surface area (Å²) in [5.74, 6) is -0.980. The van der Waals surface area contributed by atoms with E-state index in [9.17, 15) is 9.59 Å². The van der Waals surface area contributed by atoms with Gasteiger partial charge in [0.25, 0.3) is 0 Å². The van der Waals surface area contributed by atoms with Crippen LogP contribution in [0.4, 0.5) is 4.79 Å². The molecule has 0 saturated heterocycles. The van der Waals surface area contributed by atoms with Gasteiger partial charge in [-0.05, 0) is 49.5 Å². The van der Waals surface area contributed by atoms with Crippen molar-refractivity contribution in [3.05, 3.63) is 41.5 Å². The van der Waals surface area contributed by atoms with E-state index in [4.69, 9.17) is 5.11 Å². The normalized spacial score (nSPS) is 16.2. The van der Waals surface area contributed by atoms with E-state index >= 15 is 0 Å². The molecule has 5 heteroatoms. The van der Waals surface area contributed by atoms with Crippen molar-refractivity contribution in [1.29, 1.82) is 0 Å². The van der Waals surface area contributed by atoms with E-state index in [0.717, 1.165) is 30.0 Å². The molecule has 1 aliphatic rings. The van der Waals surface area contributed by atoms with Gasteiger partial charge in [-0.25, -0.2) is 9.59 Å². The number of carbonyl (C=O) groups is 2. The molecule has 1 aromatic rings. The highest BCUT2D eigenvalue weighted by Gasteiger charge is 2.20. The average molecular weight is 288 g/mol. The van der Waals surface area contributed by atoms with Crippen LogP contribution in [0.1, 0.15) is 43.4 Å². The molecule has 2 amide bonds. The van der Waals surface area contributed by atoms with Crippen molar-refractivity contribution >= 4 is 18.1 Å².